The molecule has 0 aliphatic heterocycles. The standard InChI is InChI=1S/C20H30N6O2/c1-5-25(6-2)18(11-15(3)4)12-22-19(27)20(28)24-16-7-9-17(10-8-16)26-14-21-13-23-26/h7-10,13-15,18H,5-6,11-12H2,1-4H3,(H,22,27)(H,24,28). The Hall–Kier alpha value is -2.74. The number of hydrogen-bond acceptors (Lipinski definition) is 5. The molecule has 0 saturated heterocycles. The molecule has 1 atom stereocenters. The lowest BCUT2D eigenvalue weighted by Gasteiger charge is -2.31. The molecule has 0 fully saturated rings. The highest BCUT2D eigenvalue weighted by Crippen LogP contribution is 2.13. The summed E-state index contributed by atoms with van der Waals surface area (Å²) in [5, 5.41) is 9.45. The van der Waals surface area contributed by atoms with Crippen LogP contribution in [-0.4, -0.2) is 57.2 Å². The van der Waals surface area contributed by atoms with Gasteiger partial charge in [0.05, 0.1) is 5.69 Å². The first-order valence-electron chi connectivity index (χ1n) is 9.72. The van der Waals surface area contributed by atoms with Crippen molar-refractivity contribution in [3.8, 4) is 5.69 Å². The predicted octanol–water partition coefficient (Wildman–Crippen LogP) is 2.08. The van der Waals surface area contributed by atoms with E-state index >= 15 is 0 Å². The first kappa shape index (κ1) is 21.6. The summed E-state index contributed by atoms with van der Waals surface area (Å²) in [4.78, 5) is 30.6. The Bertz CT molecular complexity index is 739. The third kappa shape index (κ3) is 6.16. The van der Waals surface area contributed by atoms with E-state index in [4.69, 9.17) is 0 Å². The molecule has 2 rings (SSSR count). The van der Waals surface area contributed by atoms with Crippen LogP contribution in [0.1, 0.15) is 34.1 Å². The molecule has 2 N–H and O–H groups in total. The number of rotatable bonds is 9. The van der Waals surface area contributed by atoms with Crippen molar-refractivity contribution in [3.05, 3.63) is 36.9 Å². The van der Waals surface area contributed by atoms with Crippen LogP contribution in [-0.2, 0) is 9.59 Å². The molecule has 28 heavy (non-hydrogen) atoms. The number of benzene rings is 1. The average molecular weight is 387 g/mol. The van der Waals surface area contributed by atoms with Crippen molar-refractivity contribution >= 4 is 17.5 Å². The molecule has 0 aliphatic carbocycles. The Labute approximate surface area is 166 Å². The van der Waals surface area contributed by atoms with Crippen molar-refractivity contribution in [3.63, 3.8) is 0 Å². The summed E-state index contributed by atoms with van der Waals surface area (Å²) < 4.78 is 1.61. The van der Waals surface area contributed by atoms with E-state index < -0.39 is 11.8 Å². The minimum absolute atomic E-state index is 0.216. The smallest absolute Gasteiger partial charge is 0.313 e. The molecular formula is C20H30N6O2. The minimum Gasteiger partial charge on any atom is -0.346 e. The zero-order valence-corrected chi connectivity index (χ0v) is 17.1. The molecule has 0 spiro atoms. The van der Waals surface area contributed by atoms with Gasteiger partial charge in [-0.05, 0) is 49.7 Å². The fourth-order valence-corrected chi connectivity index (χ4v) is 3.16. The average Bonchev–Trinajstić information content (AvgIpc) is 3.21. The first-order chi connectivity index (χ1) is 13.4. The lowest BCUT2D eigenvalue weighted by Crippen LogP contribution is -2.46. The highest BCUT2D eigenvalue weighted by Gasteiger charge is 2.20. The summed E-state index contributed by atoms with van der Waals surface area (Å²) in [6.45, 7) is 10.8. The van der Waals surface area contributed by atoms with Crippen molar-refractivity contribution in [1.29, 1.82) is 0 Å². The minimum atomic E-state index is -0.670. The molecule has 1 unspecified atom stereocenters. The van der Waals surface area contributed by atoms with E-state index in [9.17, 15) is 9.59 Å². The van der Waals surface area contributed by atoms with Crippen LogP contribution < -0.4 is 10.6 Å². The third-order valence-electron chi connectivity index (χ3n) is 4.59. The maximum Gasteiger partial charge on any atom is 0.313 e. The van der Waals surface area contributed by atoms with Crippen LogP contribution in [0.15, 0.2) is 36.9 Å². The molecule has 8 heteroatoms. The number of nitrogens with one attached hydrogen (secondary N) is 2. The maximum atomic E-state index is 12.2. The molecule has 8 nitrogen and oxygen atoms in total. The molecular weight excluding hydrogens is 356 g/mol. The Morgan fingerprint density at radius 3 is 2.32 bits per heavy atom. The lowest BCUT2D eigenvalue weighted by molar-refractivity contribution is -0.136. The van der Waals surface area contributed by atoms with Gasteiger partial charge in [-0.3, -0.25) is 14.5 Å². The van der Waals surface area contributed by atoms with Crippen LogP contribution in [0.4, 0.5) is 5.69 Å². The zero-order chi connectivity index (χ0) is 20.5. The van der Waals surface area contributed by atoms with Crippen LogP contribution in [0, 0.1) is 5.92 Å². The van der Waals surface area contributed by atoms with Crippen LogP contribution >= 0.6 is 0 Å². The Morgan fingerprint density at radius 1 is 1.11 bits per heavy atom. The van der Waals surface area contributed by atoms with Gasteiger partial charge in [-0.1, -0.05) is 27.7 Å². The van der Waals surface area contributed by atoms with E-state index in [0.29, 0.717) is 18.2 Å². The molecule has 0 aliphatic rings. The zero-order valence-electron chi connectivity index (χ0n) is 17.1. The molecule has 1 heterocycles. The largest absolute Gasteiger partial charge is 0.346 e. The molecule has 2 aromatic rings. The summed E-state index contributed by atoms with van der Waals surface area (Å²) in [6, 6.07) is 7.25. The number of carbonyl (C=O) groups is 2. The first-order valence-corrected chi connectivity index (χ1v) is 9.72. The molecule has 2 amide bonds. The van der Waals surface area contributed by atoms with Gasteiger partial charge < -0.3 is 10.6 Å². The molecule has 0 bridgehead atoms. The van der Waals surface area contributed by atoms with Gasteiger partial charge >= 0.3 is 11.8 Å². The summed E-state index contributed by atoms with van der Waals surface area (Å²) in [6.07, 6.45) is 4.00. The second-order valence-corrected chi connectivity index (χ2v) is 7.06. The van der Waals surface area contributed by atoms with Gasteiger partial charge in [0.1, 0.15) is 12.7 Å². The number of amides is 2. The highest BCUT2D eigenvalue weighted by atomic mass is 16.2. The van der Waals surface area contributed by atoms with E-state index in [1.807, 2.05) is 0 Å². The van der Waals surface area contributed by atoms with E-state index in [1.165, 1.54) is 6.33 Å². The summed E-state index contributed by atoms with van der Waals surface area (Å²) in [5.41, 5.74) is 1.36. The normalized spacial score (nSPS) is 12.2. The van der Waals surface area contributed by atoms with Crippen molar-refractivity contribution in [2.24, 2.45) is 5.92 Å². The van der Waals surface area contributed by atoms with E-state index in [1.54, 1.807) is 35.3 Å². The molecule has 0 radical (unpaired) electrons. The number of aromatic nitrogens is 3. The van der Waals surface area contributed by atoms with Gasteiger partial charge in [0.2, 0.25) is 0 Å². The fourth-order valence-electron chi connectivity index (χ4n) is 3.16. The predicted molar refractivity (Wildman–Crippen MR) is 109 cm³/mol. The number of anilines is 1. The van der Waals surface area contributed by atoms with Gasteiger partial charge in [0.25, 0.3) is 0 Å². The van der Waals surface area contributed by atoms with Gasteiger partial charge in [-0.25, -0.2) is 9.67 Å². The van der Waals surface area contributed by atoms with Gasteiger partial charge in [-0.2, -0.15) is 5.10 Å². The molecule has 1 aromatic carbocycles. The Kier molecular flexibility index (Phi) is 8.13. The van der Waals surface area contributed by atoms with Crippen LogP contribution in [0.5, 0.6) is 0 Å². The van der Waals surface area contributed by atoms with Gasteiger partial charge in [-0.15, -0.1) is 0 Å². The number of nitrogens with zero attached hydrogens (tertiary/aromatic N) is 4. The molecule has 152 valence electrons. The fraction of sp³-hybridized carbons (Fsp3) is 0.500. The summed E-state index contributed by atoms with van der Waals surface area (Å²) >= 11 is 0. The second-order valence-electron chi connectivity index (χ2n) is 7.06. The monoisotopic (exact) mass is 386 g/mol. The quantitative estimate of drug-likeness (QED) is 0.644. The van der Waals surface area contributed by atoms with Crippen molar-refractivity contribution < 1.29 is 9.59 Å². The number of hydrogen-bond donors (Lipinski definition) is 2. The van der Waals surface area contributed by atoms with Crippen molar-refractivity contribution in [2.75, 3.05) is 25.0 Å². The maximum absolute atomic E-state index is 12.2. The van der Waals surface area contributed by atoms with E-state index in [-0.39, 0.29) is 6.04 Å². The third-order valence-corrected chi connectivity index (χ3v) is 4.59. The van der Waals surface area contributed by atoms with Crippen LogP contribution in [0.3, 0.4) is 0 Å². The number of carbonyl (C=O) groups excluding carboxylic acids is 2. The summed E-state index contributed by atoms with van der Waals surface area (Å²) in [7, 11) is 0. The molecule has 0 saturated carbocycles. The second kappa shape index (κ2) is 10.6. The molecule has 1 aromatic heterocycles. The lowest BCUT2D eigenvalue weighted by atomic mass is 10.0. The van der Waals surface area contributed by atoms with Crippen LogP contribution in [0.25, 0.3) is 5.69 Å². The van der Waals surface area contributed by atoms with Gasteiger partial charge in [0.15, 0.2) is 0 Å². The summed E-state index contributed by atoms with van der Waals surface area (Å²) in [5.74, 6) is -0.780. The van der Waals surface area contributed by atoms with E-state index in [0.717, 1.165) is 25.2 Å². The highest BCUT2D eigenvalue weighted by molar-refractivity contribution is 6.39. The SMILES string of the molecule is CCN(CC)C(CNC(=O)C(=O)Nc1ccc(-n2cncn2)cc1)CC(C)C. The van der Waals surface area contributed by atoms with Crippen LogP contribution in [0.2, 0.25) is 0 Å². The van der Waals surface area contributed by atoms with E-state index in [2.05, 4.69) is 53.3 Å². The van der Waals surface area contributed by atoms with Gasteiger partial charge in [0, 0.05) is 18.3 Å². The topological polar surface area (TPSA) is 92.2 Å². The number of likely N-dealkylation sites (N-methyl/N-ethyl adjacent to an activating group) is 1. The Balaban J connectivity index is 1.90. The van der Waals surface area contributed by atoms with Crippen molar-refractivity contribution in [1.82, 2.24) is 25.0 Å². The van der Waals surface area contributed by atoms with Crippen molar-refractivity contribution in [2.45, 2.75) is 40.2 Å². The Morgan fingerprint density at radius 2 is 1.79 bits per heavy atom.